The maximum Gasteiger partial charge on any atom is 0.376 e. The van der Waals surface area contributed by atoms with Crippen molar-refractivity contribution in [1.82, 2.24) is 9.97 Å². The van der Waals surface area contributed by atoms with E-state index >= 15 is 0 Å². The Hall–Kier alpha value is -2.62. The largest absolute Gasteiger partial charge is 0.480 e. The van der Waals surface area contributed by atoms with Gasteiger partial charge in [-0.2, -0.15) is 0 Å². The van der Waals surface area contributed by atoms with Crippen LogP contribution >= 0.6 is 0 Å². The minimum absolute atomic E-state index is 0.0589. The molecule has 0 saturated carbocycles. The van der Waals surface area contributed by atoms with E-state index in [-0.39, 0.29) is 24.7 Å². The number of hydrogen-bond donors (Lipinski definition) is 1. The van der Waals surface area contributed by atoms with Crippen LogP contribution in [0.2, 0.25) is 0 Å². The summed E-state index contributed by atoms with van der Waals surface area (Å²) in [4.78, 5) is 31.4. The number of carboxylic acids is 1. The molecule has 1 rings (SSSR count). The van der Waals surface area contributed by atoms with Crippen molar-refractivity contribution in [2.45, 2.75) is 6.92 Å². The number of methoxy groups -OCH3 is 1. The lowest BCUT2D eigenvalue weighted by atomic mass is 10.3. The van der Waals surface area contributed by atoms with Gasteiger partial charge in [0.1, 0.15) is 12.4 Å². The van der Waals surface area contributed by atoms with Crippen LogP contribution in [-0.4, -0.2) is 47.2 Å². The number of rotatable bonds is 5. The Morgan fingerprint density at radius 1 is 1.53 bits per heavy atom. The number of carbonyl (C=O) groups is 2. The van der Waals surface area contributed by atoms with Gasteiger partial charge in [0.05, 0.1) is 13.7 Å². The molecule has 7 heteroatoms. The van der Waals surface area contributed by atoms with Crippen molar-refractivity contribution in [2.24, 2.45) is 0 Å². The molecule has 100 valence electrons. The van der Waals surface area contributed by atoms with Gasteiger partial charge in [0.25, 0.3) is 0 Å². The van der Waals surface area contributed by atoms with Gasteiger partial charge < -0.3 is 14.7 Å². The first-order valence-electron chi connectivity index (χ1n) is 5.32. The smallest absolute Gasteiger partial charge is 0.376 e. The summed E-state index contributed by atoms with van der Waals surface area (Å²) in [5.74, 6) is 0.734. The quantitative estimate of drug-likeness (QED) is 0.594. The number of terminal acetylenes is 1. The molecule has 0 saturated heterocycles. The molecule has 0 fully saturated rings. The molecule has 0 unspecified atom stereocenters. The molecule has 0 radical (unpaired) electrons. The Morgan fingerprint density at radius 3 is 2.74 bits per heavy atom. The lowest BCUT2D eigenvalue weighted by Crippen LogP contribution is -2.31. The summed E-state index contributed by atoms with van der Waals surface area (Å²) in [5.41, 5.74) is 0.512. The van der Waals surface area contributed by atoms with E-state index in [1.54, 1.807) is 13.0 Å². The van der Waals surface area contributed by atoms with Gasteiger partial charge in [-0.15, -0.1) is 6.42 Å². The second kappa shape index (κ2) is 6.35. The summed E-state index contributed by atoms with van der Waals surface area (Å²) in [7, 11) is 1.21. The van der Waals surface area contributed by atoms with Crippen molar-refractivity contribution in [3.8, 4) is 12.3 Å². The highest BCUT2D eigenvalue weighted by molar-refractivity contribution is 5.85. The molecule has 0 aromatic carbocycles. The molecule has 0 aliphatic heterocycles. The van der Waals surface area contributed by atoms with Gasteiger partial charge in [0.2, 0.25) is 5.82 Å². The summed E-state index contributed by atoms with van der Waals surface area (Å²) in [6, 6.07) is 1.55. The maximum absolute atomic E-state index is 11.4. The topological polar surface area (TPSA) is 92.6 Å². The van der Waals surface area contributed by atoms with Crippen LogP contribution in [0.1, 0.15) is 16.3 Å². The Bertz CT molecular complexity index is 536. The third-order valence-electron chi connectivity index (χ3n) is 2.14. The van der Waals surface area contributed by atoms with Crippen LogP contribution in [0.4, 0.5) is 5.82 Å². The molecule has 1 heterocycles. The number of ether oxygens (including phenoxy) is 1. The number of aliphatic carboxylic acids is 1. The van der Waals surface area contributed by atoms with Gasteiger partial charge >= 0.3 is 11.9 Å². The van der Waals surface area contributed by atoms with Gasteiger partial charge in [0.15, 0.2) is 0 Å². The number of aromatic nitrogens is 2. The molecule has 0 aliphatic rings. The van der Waals surface area contributed by atoms with Crippen LogP contribution in [0, 0.1) is 19.3 Å². The van der Waals surface area contributed by atoms with Gasteiger partial charge in [-0.1, -0.05) is 5.92 Å². The monoisotopic (exact) mass is 263 g/mol. The van der Waals surface area contributed by atoms with E-state index in [9.17, 15) is 9.59 Å². The predicted octanol–water partition coefficient (Wildman–Crippen LogP) is 0.0958. The van der Waals surface area contributed by atoms with E-state index in [0.29, 0.717) is 5.69 Å². The molecule has 1 aromatic heterocycles. The first kappa shape index (κ1) is 14.4. The zero-order valence-corrected chi connectivity index (χ0v) is 10.6. The molecular weight excluding hydrogens is 250 g/mol. The number of carboxylic acid groups (broad SMARTS) is 1. The van der Waals surface area contributed by atoms with Crippen molar-refractivity contribution in [2.75, 3.05) is 25.1 Å². The average Bonchev–Trinajstić information content (AvgIpc) is 2.36. The fourth-order valence-corrected chi connectivity index (χ4v) is 1.39. The van der Waals surface area contributed by atoms with Crippen molar-refractivity contribution in [3.63, 3.8) is 0 Å². The average molecular weight is 263 g/mol. The van der Waals surface area contributed by atoms with Crippen molar-refractivity contribution in [1.29, 1.82) is 0 Å². The number of nitrogens with zero attached hydrogens (tertiary/aromatic N) is 3. The van der Waals surface area contributed by atoms with Crippen molar-refractivity contribution >= 4 is 17.8 Å². The molecular formula is C12H13N3O4. The fraction of sp³-hybridized carbons (Fsp3) is 0.333. The van der Waals surface area contributed by atoms with Gasteiger partial charge in [-0.3, -0.25) is 4.79 Å². The van der Waals surface area contributed by atoms with Crippen LogP contribution in [0.15, 0.2) is 6.07 Å². The predicted molar refractivity (Wildman–Crippen MR) is 66.8 cm³/mol. The second-order valence-electron chi connectivity index (χ2n) is 3.64. The van der Waals surface area contributed by atoms with Crippen LogP contribution in [-0.2, 0) is 9.53 Å². The van der Waals surface area contributed by atoms with Gasteiger partial charge in [-0.25, -0.2) is 14.8 Å². The summed E-state index contributed by atoms with van der Waals surface area (Å²) in [6.07, 6.45) is 5.18. The van der Waals surface area contributed by atoms with E-state index in [1.165, 1.54) is 12.0 Å². The summed E-state index contributed by atoms with van der Waals surface area (Å²) >= 11 is 0. The Labute approximate surface area is 110 Å². The Kier molecular flexibility index (Phi) is 4.83. The number of aryl methyl sites for hydroxylation is 1. The van der Waals surface area contributed by atoms with Crippen molar-refractivity contribution < 1.29 is 19.4 Å². The van der Waals surface area contributed by atoms with E-state index in [0.717, 1.165) is 0 Å². The summed E-state index contributed by atoms with van der Waals surface area (Å²) in [5, 5.41) is 8.82. The van der Waals surface area contributed by atoms with Crippen LogP contribution < -0.4 is 4.90 Å². The third kappa shape index (κ3) is 3.96. The molecule has 0 aliphatic carbocycles. The number of esters is 1. The Balaban J connectivity index is 3.15. The first-order valence-corrected chi connectivity index (χ1v) is 5.32. The zero-order chi connectivity index (χ0) is 14.4. The Morgan fingerprint density at radius 2 is 2.21 bits per heavy atom. The molecule has 1 aromatic rings. The lowest BCUT2D eigenvalue weighted by molar-refractivity contribution is -0.135. The molecule has 0 bridgehead atoms. The fourth-order valence-electron chi connectivity index (χ4n) is 1.39. The van der Waals surface area contributed by atoms with E-state index in [1.807, 2.05) is 0 Å². The van der Waals surface area contributed by atoms with E-state index in [2.05, 4.69) is 20.6 Å². The van der Waals surface area contributed by atoms with E-state index < -0.39 is 11.9 Å². The number of carbonyl (C=O) groups excluding carboxylic acids is 1. The van der Waals surface area contributed by atoms with E-state index in [4.69, 9.17) is 11.5 Å². The highest BCUT2D eigenvalue weighted by atomic mass is 16.5. The highest BCUT2D eigenvalue weighted by Crippen LogP contribution is 2.12. The molecule has 1 N–H and O–H groups in total. The number of hydrogen-bond acceptors (Lipinski definition) is 6. The zero-order valence-electron chi connectivity index (χ0n) is 10.6. The maximum atomic E-state index is 11.4. The minimum atomic E-state index is -1.05. The van der Waals surface area contributed by atoms with Crippen LogP contribution in [0.3, 0.4) is 0 Å². The van der Waals surface area contributed by atoms with Crippen LogP contribution in [0.5, 0.6) is 0 Å². The molecule has 0 amide bonds. The van der Waals surface area contributed by atoms with Gasteiger partial charge in [-0.05, 0) is 6.92 Å². The second-order valence-corrected chi connectivity index (χ2v) is 3.64. The molecule has 19 heavy (non-hydrogen) atoms. The summed E-state index contributed by atoms with van der Waals surface area (Å²) in [6.45, 7) is 1.40. The first-order chi connectivity index (χ1) is 8.97. The minimum Gasteiger partial charge on any atom is -0.480 e. The highest BCUT2D eigenvalue weighted by Gasteiger charge is 2.16. The molecule has 0 spiro atoms. The normalized spacial score (nSPS) is 9.53. The standard InChI is InChI=1S/C12H13N3O4/c1-4-5-15(7-10(16)17)9-6-8(2)13-11(14-9)12(18)19-3/h1,6H,5,7H2,2-3H3,(H,16,17). The van der Waals surface area contributed by atoms with Gasteiger partial charge in [0, 0.05) is 11.8 Å². The molecule has 7 nitrogen and oxygen atoms in total. The molecule has 0 atom stereocenters. The van der Waals surface area contributed by atoms with Crippen molar-refractivity contribution in [3.05, 3.63) is 17.6 Å². The number of anilines is 1. The summed E-state index contributed by atoms with van der Waals surface area (Å²) < 4.78 is 4.53. The SMILES string of the molecule is C#CCN(CC(=O)O)c1cc(C)nc(C(=O)OC)n1. The third-order valence-corrected chi connectivity index (χ3v) is 2.14. The lowest BCUT2D eigenvalue weighted by Gasteiger charge is -2.19. The van der Waals surface area contributed by atoms with Crippen LogP contribution in [0.25, 0.3) is 0 Å².